The van der Waals surface area contributed by atoms with E-state index < -0.39 is 5.63 Å². The highest BCUT2D eigenvalue weighted by Gasteiger charge is 2.16. The van der Waals surface area contributed by atoms with E-state index in [9.17, 15) is 9.90 Å². The number of hydrogen-bond donors (Lipinski definition) is 1. The molecular formula is C29H29NO4S. The van der Waals surface area contributed by atoms with Crippen molar-refractivity contribution in [3.63, 3.8) is 0 Å². The SMILES string of the molecule is C1CC1.CC(C)c1ccccc1Sc1c(O)cc(-c2ccc(OCc3cccnc3)cc2)oc1=O. The van der Waals surface area contributed by atoms with Crippen molar-refractivity contribution in [3.05, 3.63) is 101 Å². The van der Waals surface area contributed by atoms with Gasteiger partial charge in [-0.05, 0) is 47.9 Å². The number of aromatic nitrogens is 1. The summed E-state index contributed by atoms with van der Waals surface area (Å²) in [5.74, 6) is 1.18. The van der Waals surface area contributed by atoms with Gasteiger partial charge in [0.2, 0.25) is 0 Å². The first-order valence-corrected chi connectivity index (χ1v) is 12.6. The van der Waals surface area contributed by atoms with Gasteiger partial charge in [-0.1, -0.05) is 69.1 Å². The minimum absolute atomic E-state index is 0.100. The number of hydrogen-bond acceptors (Lipinski definition) is 6. The van der Waals surface area contributed by atoms with Crippen molar-refractivity contribution in [2.75, 3.05) is 0 Å². The lowest BCUT2D eigenvalue weighted by molar-refractivity contribution is 0.306. The van der Waals surface area contributed by atoms with Crippen LogP contribution in [0.3, 0.4) is 0 Å². The Balaban J connectivity index is 0.000000894. The van der Waals surface area contributed by atoms with Gasteiger partial charge < -0.3 is 14.3 Å². The van der Waals surface area contributed by atoms with E-state index in [1.807, 2.05) is 36.4 Å². The van der Waals surface area contributed by atoms with Crippen LogP contribution in [-0.4, -0.2) is 10.1 Å². The number of pyridine rings is 1. The Kier molecular flexibility index (Phi) is 8.27. The van der Waals surface area contributed by atoms with Gasteiger partial charge in [0.1, 0.15) is 28.8 Å². The van der Waals surface area contributed by atoms with Crippen molar-refractivity contribution in [2.24, 2.45) is 0 Å². The fourth-order valence-corrected chi connectivity index (χ4v) is 4.31. The van der Waals surface area contributed by atoms with Gasteiger partial charge in [0.05, 0.1) is 0 Å². The summed E-state index contributed by atoms with van der Waals surface area (Å²) >= 11 is 1.23. The summed E-state index contributed by atoms with van der Waals surface area (Å²) in [5, 5.41) is 10.6. The first-order chi connectivity index (χ1) is 17.0. The van der Waals surface area contributed by atoms with Crippen LogP contribution in [0.25, 0.3) is 11.3 Å². The molecule has 180 valence electrons. The molecule has 1 aliphatic rings. The van der Waals surface area contributed by atoms with Crippen LogP contribution in [0.1, 0.15) is 50.2 Å². The van der Waals surface area contributed by atoms with Crippen LogP contribution in [0.4, 0.5) is 0 Å². The number of benzene rings is 2. The van der Waals surface area contributed by atoms with Crippen molar-refractivity contribution >= 4 is 11.8 Å². The van der Waals surface area contributed by atoms with E-state index >= 15 is 0 Å². The number of rotatable bonds is 7. The molecular weight excluding hydrogens is 458 g/mol. The zero-order valence-corrected chi connectivity index (χ0v) is 20.8. The number of aromatic hydroxyl groups is 1. The van der Waals surface area contributed by atoms with Crippen LogP contribution in [0.5, 0.6) is 11.5 Å². The Morgan fingerprint density at radius 3 is 2.40 bits per heavy atom. The highest BCUT2D eigenvalue weighted by molar-refractivity contribution is 7.99. The van der Waals surface area contributed by atoms with Crippen LogP contribution in [0, 0.1) is 0 Å². The maximum atomic E-state index is 12.7. The summed E-state index contributed by atoms with van der Waals surface area (Å²) in [4.78, 5) is 17.8. The fourth-order valence-electron chi connectivity index (χ4n) is 3.23. The summed E-state index contributed by atoms with van der Waals surface area (Å²) in [7, 11) is 0. The molecule has 35 heavy (non-hydrogen) atoms. The Bertz CT molecular complexity index is 1300. The van der Waals surface area contributed by atoms with Crippen molar-refractivity contribution in [3.8, 4) is 22.8 Å². The van der Waals surface area contributed by atoms with Gasteiger partial charge in [-0.15, -0.1) is 0 Å². The van der Waals surface area contributed by atoms with Crippen molar-refractivity contribution in [1.82, 2.24) is 4.98 Å². The van der Waals surface area contributed by atoms with Crippen LogP contribution >= 0.6 is 11.8 Å². The van der Waals surface area contributed by atoms with Crippen molar-refractivity contribution in [2.45, 2.75) is 55.4 Å². The Hall–Kier alpha value is -3.51. The van der Waals surface area contributed by atoms with Crippen molar-refractivity contribution < 1.29 is 14.3 Å². The Morgan fingerprint density at radius 2 is 1.77 bits per heavy atom. The lowest BCUT2D eigenvalue weighted by Crippen LogP contribution is -2.03. The summed E-state index contributed by atoms with van der Waals surface area (Å²) in [6, 6.07) is 20.3. The molecule has 5 nitrogen and oxygen atoms in total. The second kappa shape index (κ2) is 11.8. The molecule has 0 amide bonds. The molecule has 2 heterocycles. The molecule has 2 aromatic heterocycles. The van der Waals surface area contributed by atoms with Crippen LogP contribution in [-0.2, 0) is 6.61 Å². The van der Waals surface area contributed by atoms with Crippen LogP contribution in [0.15, 0.2) is 98.1 Å². The molecule has 0 saturated heterocycles. The van der Waals surface area contributed by atoms with Gasteiger partial charge in [-0.3, -0.25) is 4.98 Å². The van der Waals surface area contributed by atoms with Gasteiger partial charge in [-0.2, -0.15) is 0 Å². The zero-order chi connectivity index (χ0) is 24.6. The predicted octanol–water partition coefficient (Wildman–Crippen LogP) is 7.43. The van der Waals surface area contributed by atoms with E-state index in [4.69, 9.17) is 9.15 Å². The normalized spacial score (nSPS) is 12.1. The van der Waals surface area contributed by atoms with E-state index in [2.05, 4.69) is 18.8 Å². The molecule has 0 aliphatic heterocycles. The van der Waals surface area contributed by atoms with E-state index in [0.29, 0.717) is 29.6 Å². The third-order valence-corrected chi connectivity index (χ3v) is 6.43. The molecule has 5 rings (SSSR count). The maximum Gasteiger partial charge on any atom is 0.354 e. The molecule has 0 radical (unpaired) electrons. The molecule has 1 saturated carbocycles. The number of nitrogens with zero attached hydrogens (tertiary/aromatic N) is 1. The van der Waals surface area contributed by atoms with Crippen LogP contribution in [0.2, 0.25) is 0 Å². The number of ether oxygens (including phenoxy) is 1. The Morgan fingerprint density at radius 1 is 1.03 bits per heavy atom. The van der Waals surface area contributed by atoms with Gasteiger partial charge >= 0.3 is 5.63 Å². The van der Waals surface area contributed by atoms with E-state index in [-0.39, 0.29) is 10.6 Å². The molecule has 0 atom stereocenters. The highest BCUT2D eigenvalue weighted by atomic mass is 32.2. The first kappa shape index (κ1) is 24.6. The van der Waals surface area contributed by atoms with Crippen LogP contribution < -0.4 is 10.4 Å². The summed E-state index contributed by atoms with van der Waals surface area (Å²) in [5.41, 5.74) is 2.19. The summed E-state index contributed by atoms with van der Waals surface area (Å²) in [6.45, 7) is 4.59. The standard InChI is InChI=1S/C26H23NO4S.C3H6/c1-17(2)21-7-3-4-8-24(21)32-25-22(28)14-23(31-26(25)29)19-9-11-20(12-10-19)30-16-18-6-5-13-27-15-18;1-2-3-1/h3-15,17,28H,16H2,1-2H3;1-3H2. The molecule has 1 fully saturated rings. The molecule has 0 unspecified atom stereocenters. The largest absolute Gasteiger partial charge is 0.506 e. The third kappa shape index (κ3) is 6.99. The second-order valence-corrected chi connectivity index (χ2v) is 9.69. The molecule has 6 heteroatoms. The molecule has 2 aromatic carbocycles. The monoisotopic (exact) mass is 487 g/mol. The van der Waals surface area contributed by atoms with Gasteiger partial charge in [0.15, 0.2) is 0 Å². The summed E-state index contributed by atoms with van der Waals surface area (Å²) in [6.07, 6.45) is 7.97. The van der Waals surface area contributed by atoms with Gasteiger partial charge in [0, 0.05) is 34.5 Å². The second-order valence-electron chi connectivity index (χ2n) is 8.64. The van der Waals surface area contributed by atoms with Gasteiger partial charge in [0.25, 0.3) is 0 Å². The van der Waals surface area contributed by atoms with E-state index in [1.54, 1.807) is 36.7 Å². The zero-order valence-electron chi connectivity index (χ0n) is 19.9. The smallest absolute Gasteiger partial charge is 0.354 e. The highest BCUT2D eigenvalue weighted by Crippen LogP contribution is 2.37. The lowest BCUT2D eigenvalue weighted by atomic mass is 10.0. The Labute approximate surface area is 209 Å². The quantitative estimate of drug-likeness (QED) is 0.292. The van der Waals surface area contributed by atoms with Gasteiger partial charge in [-0.25, -0.2) is 4.79 Å². The third-order valence-electron chi connectivity index (χ3n) is 5.26. The molecule has 4 aromatic rings. The molecule has 1 aliphatic carbocycles. The maximum absolute atomic E-state index is 12.7. The predicted molar refractivity (Wildman–Crippen MR) is 139 cm³/mol. The minimum atomic E-state index is -0.569. The molecule has 1 N–H and O–H groups in total. The summed E-state index contributed by atoms with van der Waals surface area (Å²) < 4.78 is 11.3. The molecule has 0 bridgehead atoms. The average molecular weight is 488 g/mol. The first-order valence-electron chi connectivity index (χ1n) is 11.8. The average Bonchev–Trinajstić information content (AvgIpc) is 3.76. The van der Waals surface area contributed by atoms with E-state index in [1.165, 1.54) is 37.1 Å². The minimum Gasteiger partial charge on any atom is -0.506 e. The molecule has 0 spiro atoms. The van der Waals surface area contributed by atoms with E-state index in [0.717, 1.165) is 16.0 Å². The lowest BCUT2D eigenvalue weighted by Gasteiger charge is -2.12. The fraction of sp³-hybridized carbons (Fsp3) is 0.241. The topological polar surface area (TPSA) is 72.6 Å². The van der Waals surface area contributed by atoms with Crippen molar-refractivity contribution in [1.29, 1.82) is 0 Å².